The summed E-state index contributed by atoms with van der Waals surface area (Å²) in [5.74, 6) is 2.42. The molecule has 112 valence electrons. The highest BCUT2D eigenvalue weighted by Gasteiger charge is 2.70. The lowest BCUT2D eigenvalue weighted by Gasteiger charge is -2.56. The highest BCUT2D eigenvalue weighted by Crippen LogP contribution is 2.68. The molecular weight excluding hydrogens is 252 g/mol. The first-order chi connectivity index (χ1) is 9.20. The molecule has 0 amide bonds. The van der Waals surface area contributed by atoms with Crippen LogP contribution in [-0.2, 0) is 14.3 Å². The maximum atomic E-state index is 13.1. The normalized spacial score (nSPS) is 49.8. The van der Waals surface area contributed by atoms with E-state index in [0.717, 1.165) is 19.3 Å². The zero-order valence-electron chi connectivity index (χ0n) is 13.2. The molecule has 3 heteroatoms. The van der Waals surface area contributed by atoms with Crippen molar-refractivity contribution in [2.45, 2.75) is 60.0 Å². The van der Waals surface area contributed by atoms with Crippen molar-refractivity contribution in [2.75, 3.05) is 0 Å². The third-order valence-corrected chi connectivity index (χ3v) is 6.59. The molecule has 0 spiro atoms. The maximum Gasteiger partial charge on any atom is 0.302 e. The molecule has 0 N–H and O–H groups in total. The summed E-state index contributed by atoms with van der Waals surface area (Å²) in [7, 11) is 0. The van der Waals surface area contributed by atoms with Crippen LogP contribution >= 0.6 is 0 Å². The largest absolute Gasteiger partial charge is 0.461 e. The SMILES string of the molecule is CC(=O)O[C@@H]1C[C@H]2[C@H]3C[C@]1(C)C(=O)[C@]2(C)C[C@H]3C(C)C. The van der Waals surface area contributed by atoms with Gasteiger partial charge in [0.05, 0.1) is 5.41 Å². The van der Waals surface area contributed by atoms with Crippen LogP contribution in [0.2, 0.25) is 0 Å². The van der Waals surface area contributed by atoms with Crippen LogP contribution in [0.1, 0.15) is 53.9 Å². The second kappa shape index (κ2) is 4.08. The lowest BCUT2D eigenvalue weighted by Crippen LogP contribution is -2.61. The monoisotopic (exact) mass is 278 g/mol. The molecule has 0 heterocycles. The van der Waals surface area contributed by atoms with Gasteiger partial charge in [-0.2, -0.15) is 0 Å². The molecule has 0 unspecified atom stereocenters. The Bertz CT molecular complexity index is 469. The van der Waals surface area contributed by atoms with Gasteiger partial charge in [-0.05, 0) is 49.9 Å². The zero-order valence-corrected chi connectivity index (χ0v) is 13.2. The summed E-state index contributed by atoms with van der Waals surface area (Å²) < 4.78 is 5.50. The molecule has 4 aliphatic rings. The minimum absolute atomic E-state index is 0.177. The molecule has 0 saturated heterocycles. The van der Waals surface area contributed by atoms with Crippen LogP contribution < -0.4 is 0 Å². The van der Waals surface area contributed by atoms with E-state index in [4.69, 9.17) is 4.74 Å². The summed E-state index contributed by atoms with van der Waals surface area (Å²) in [6.45, 7) is 10.2. The number of ether oxygens (including phenoxy) is 1. The number of fused-ring (bicyclic) bond motifs is 1. The van der Waals surface area contributed by atoms with Crippen LogP contribution in [0.4, 0.5) is 0 Å². The van der Waals surface area contributed by atoms with Crippen LogP contribution in [0.5, 0.6) is 0 Å². The van der Waals surface area contributed by atoms with E-state index in [1.165, 1.54) is 6.92 Å². The lowest BCUT2D eigenvalue weighted by atomic mass is 9.48. The van der Waals surface area contributed by atoms with E-state index in [0.29, 0.717) is 29.5 Å². The third kappa shape index (κ3) is 1.58. The molecule has 0 aromatic rings. The van der Waals surface area contributed by atoms with Gasteiger partial charge in [-0.25, -0.2) is 0 Å². The van der Waals surface area contributed by atoms with Gasteiger partial charge in [0.25, 0.3) is 0 Å². The number of rotatable bonds is 2. The Morgan fingerprint density at radius 2 is 1.90 bits per heavy atom. The lowest BCUT2D eigenvalue weighted by molar-refractivity contribution is -0.185. The molecule has 20 heavy (non-hydrogen) atoms. The number of carbonyl (C=O) groups excluding carboxylic acids is 2. The zero-order chi connectivity index (χ0) is 14.9. The molecule has 4 saturated carbocycles. The molecule has 0 radical (unpaired) electrons. The number of ketones is 1. The molecule has 0 aromatic carbocycles. The van der Waals surface area contributed by atoms with Crippen molar-refractivity contribution in [1.29, 1.82) is 0 Å². The predicted octanol–water partition coefficient (Wildman–Crippen LogP) is 3.22. The van der Waals surface area contributed by atoms with E-state index in [9.17, 15) is 9.59 Å². The van der Waals surface area contributed by atoms with E-state index in [1.54, 1.807) is 0 Å². The van der Waals surface area contributed by atoms with Gasteiger partial charge < -0.3 is 4.74 Å². The number of esters is 1. The first-order valence-electron chi connectivity index (χ1n) is 7.92. The van der Waals surface area contributed by atoms with Gasteiger partial charge in [-0.1, -0.05) is 20.8 Å². The summed E-state index contributed by atoms with van der Waals surface area (Å²) in [5, 5.41) is 0. The van der Waals surface area contributed by atoms with E-state index < -0.39 is 5.41 Å². The van der Waals surface area contributed by atoms with Gasteiger partial charge in [0.1, 0.15) is 11.9 Å². The van der Waals surface area contributed by atoms with Gasteiger partial charge >= 0.3 is 5.97 Å². The Labute approximate surface area is 121 Å². The van der Waals surface area contributed by atoms with Crippen LogP contribution in [0.15, 0.2) is 0 Å². The Morgan fingerprint density at radius 3 is 2.45 bits per heavy atom. The van der Waals surface area contributed by atoms with Crippen LogP contribution in [0, 0.1) is 34.5 Å². The Kier molecular flexibility index (Phi) is 2.88. The van der Waals surface area contributed by atoms with Crippen LogP contribution in [0.3, 0.4) is 0 Å². The predicted molar refractivity (Wildman–Crippen MR) is 75.9 cm³/mol. The second-order valence-corrected chi connectivity index (χ2v) is 8.08. The molecule has 4 rings (SSSR count). The molecule has 4 fully saturated rings. The highest BCUT2D eigenvalue weighted by atomic mass is 16.5. The van der Waals surface area contributed by atoms with E-state index in [-0.39, 0.29) is 17.5 Å². The van der Waals surface area contributed by atoms with Crippen molar-refractivity contribution in [3.05, 3.63) is 0 Å². The summed E-state index contributed by atoms with van der Waals surface area (Å²) >= 11 is 0. The fourth-order valence-corrected chi connectivity index (χ4v) is 5.66. The average molecular weight is 278 g/mol. The first kappa shape index (κ1) is 14.1. The standard InChI is InChI=1S/C17H26O3/c1-9(2)11-7-16(4)13-6-14(20-10(3)18)17(5,15(16)19)8-12(11)13/h9,11-14H,6-8H2,1-5H3/t11-,12-,13-,14+,16+,17-/m0/s1. The third-order valence-electron chi connectivity index (χ3n) is 6.59. The fraction of sp³-hybridized carbons (Fsp3) is 0.882. The van der Waals surface area contributed by atoms with Gasteiger partial charge in [-0.15, -0.1) is 0 Å². The molecule has 3 nitrogen and oxygen atoms in total. The summed E-state index contributed by atoms with van der Waals surface area (Å²) in [6, 6.07) is 0. The minimum Gasteiger partial charge on any atom is -0.461 e. The van der Waals surface area contributed by atoms with E-state index in [2.05, 4.69) is 20.8 Å². The Morgan fingerprint density at radius 1 is 1.25 bits per heavy atom. The molecule has 4 aliphatic carbocycles. The molecule has 4 bridgehead atoms. The van der Waals surface area contributed by atoms with Crippen LogP contribution in [0.25, 0.3) is 0 Å². The highest BCUT2D eigenvalue weighted by molar-refractivity contribution is 5.93. The fourth-order valence-electron chi connectivity index (χ4n) is 5.66. The van der Waals surface area contributed by atoms with Crippen molar-refractivity contribution in [1.82, 2.24) is 0 Å². The van der Waals surface area contributed by atoms with Crippen molar-refractivity contribution < 1.29 is 14.3 Å². The second-order valence-electron chi connectivity index (χ2n) is 8.08. The average Bonchev–Trinajstić information content (AvgIpc) is 2.58. The van der Waals surface area contributed by atoms with Gasteiger partial charge in [0, 0.05) is 12.3 Å². The van der Waals surface area contributed by atoms with Crippen molar-refractivity contribution in [3.8, 4) is 0 Å². The van der Waals surface area contributed by atoms with Crippen molar-refractivity contribution >= 4 is 11.8 Å². The van der Waals surface area contributed by atoms with Gasteiger partial charge in [0.2, 0.25) is 0 Å². The molecule has 6 atom stereocenters. The number of Topliss-reactive ketones (excluding diaryl/α,β-unsaturated/α-hetero) is 1. The smallest absolute Gasteiger partial charge is 0.302 e. The maximum absolute atomic E-state index is 13.1. The minimum atomic E-state index is -0.455. The Hall–Kier alpha value is -0.860. The van der Waals surface area contributed by atoms with Gasteiger partial charge in [0.15, 0.2) is 0 Å². The van der Waals surface area contributed by atoms with Crippen molar-refractivity contribution in [3.63, 3.8) is 0 Å². The van der Waals surface area contributed by atoms with Crippen molar-refractivity contribution in [2.24, 2.45) is 34.5 Å². The number of carbonyl (C=O) groups is 2. The topological polar surface area (TPSA) is 43.4 Å². The summed E-state index contributed by atoms with van der Waals surface area (Å²) in [6.07, 6.45) is 2.62. The summed E-state index contributed by atoms with van der Waals surface area (Å²) in [4.78, 5) is 24.4. The molecular formula is C17H26O3. The first-order valence-corrected chi connectivity index (χ1v) is 7.92. The van der Waals surface area contributed by atoms with E-state index >= 15 is 0 Å². The van der Waals surface area contributed by atoms with E-state index in [1.807, 2.05) is 6.92 Å². The molecule has 0 aromatic heterocycles. The number of hydrogen-bond donors (Lipinski definition) is 0. The van der Waals surface area contributed by atoms with Gasteiger partial charge in [-0.3, -0.25) is 9.59 Å². The molecule has 0 aliphatic heterocycles. The quantitative estimate of drug-likeness (QED) is 0.728. The van der Waals surface area contributed by atoms with Crippen LogP contribution in [-0.4, -0.2) is 17.9 Å². The Balaban J connectivity index is 1.98. The summed E-state index contributed by atoms with van der Waals surface area (Å²) in [5.41, 5.74) is -0.632. The number of hydrogen-bond acceptors (Lipinski definition) is 3.